The number of hydrogen-bond acceptors (Lipinski definition) is 3. The molecular weight excluding hydrogens is 234 g/mol. The zero-order chi connectivity index (χ0) is 13.6. The Morgan fingerprint density at radius 1 is 1.11 bits per heavy atom. The Labute approximate surface area is 107 Å². The maximum Gasteiger partial charge on any atom is 0.220 e. The van der Waals surface area contributed by atoms with E-state index >= 15 is 0 Å². The van der Waals surface area contributed by atoms with Crippen LogP contribution in [-0.4, -0.2) is 24.9 Å². The predicted octanol–water partition coefficient (Wildman–Crippen LogP) is 1.63. The van der Waals surface area contributed by atoms with E-state index in [2.05, 4.69) is 15.3 Å². The van der Waals surface area contributed by atoms with Crippen LogP contribution in [0.5, 0.6) is 0 Å². The van der Waals surface area contributed by atoms with Crippen LogP contribution in [0.2, 0.25) is 0 Å². The second-order valence-corrected chi connectivity index (χ2v) is 4.04. The fourth-order valence-corrected chi connectivity index (χ4v) is 1.45. The van der Waals surface area contributed by atoms with Crippen molar-refractivity contribution in [2.45, 2.75) is 44.9 Å². The summed E-state index contributed by atoms with van der Waals surface area (Å²) in [6, 6.07) is 0. The van der Waals surface area contributed by atoms with E-state index in [4.69, 9.17) is 11.3 Å². The van der Waals surface area contributed by atoms with Gasteiger partial charge in [0.2, 0.25) is 11.8 Å². The Morgan fingerprint density at radius 2 is 1.83 bits per heavy atom. The molecule has 0 fully saturated rings. The van der Waals surface area contributed by atoms with Gasteiger partial charge < -0.3 is 11.1 Å². The highest BCUT2D eigenvalue weighted by atomic mass is 16.2. The molecule has 0 aromatic carbocycles. The molecule has 0 aliphatic carbocycles. The van der Waals surface area contributed by atoms with E-state index in [1.54, 1.807) is 0 Å². The molecule has 0 aliphatic rings. The molecule has 3 N–H and O–H groups in total. The van der Waals surface area contributed by atoms with Crippen LogP contribution in [0.3, 0.4) is 0 Å². The molecule has 0 aliphatic heterocycles. The van der Waals surface area contributed by atoms with Gasteiger partial charge in [0.15, 0.2) is 0 Å². The van der Waals surface area contributed by atoms with Crippen LogP contribution in [0, 0.1) is 0 Å². The molecule has 0 heterocycles. The summed E-state index contributed by atoms with van der Waals surface area (Å²) >= 11 is 0. The number of carbonyl (C=O) groups is 2. The minimum absolute atomic E-state index is 0.0367. The van der Waals surface area contributed by atoms with Crippen molar-refractivity contribution >= 4 is 11.8 Å². The summed E-state index contributed by atoms with van der Waals surface area (Å²) in [5.41, 5.74) is 13.0. The van der Waals surface area contributed by atoms with E-state index < -0.39 is 0 Å². The summed E-state index contributed by atoms with van der Waals surface area (Å²) in [5.74, 6) is -0.409. The van der Waals surface area contributed by atoms with Crippen molar-refractivity contribution in [1.82, 2.24) is 5.32 Å². The summed E-state index contributed by atoms with van der Waals surface area (Å²) in [5, 5.41) is 6.22. The fourth-order valence-electron chi connectivity index (χ4n) is 1.45. The molecule has 0 aromatic rings. The first kappa shape index (κ1) is 16.2. The second kappa shape index (κ2) is 11.7. The number of nitrogens with zero attached hydrogens (tertiary/aromatic N) is 3. The van der Waals surface area contributed by atoms with Gasteiger partial charge in [-0.1, -0.05) is 18.0 Å². The average Bonchev–Trinajstić information content (AvgIpc) is 2.32. The summed E-state index contributed by atoms with van der Waals surface area (Å²) < 4.78 is 0. The van der Waals surface area contributed by atoms with Gasteiger partial charge in [-0.25, -0.2) is 0 Å². The highest BCUT2D eigenvalue weighted by Crippen LogP contribution is 2.00. The van der Waals surface area contributed by atoms with E-state index in [1.165, 1.54) is 0 Å². The Balaban J connectivity index is 3.24. The van der Waals surface area contributed by atoms with Crippen LogP contribution in [0.1, 0.15) is 44.9 Å². The van der Waals surface area contributed by atoms with Gasteiger partial charge in [-0.05, 0) is 24.8 Å². The van der Waals surface area contributed by atoms with E-state index in [0.29, 0.717) is 25.9 Å². The lowest BCUT2D eigenvalue weighted by atomic mass is 10.2. The largest absolute Gasteiger partial charge is 0.370 e. The summed E-state index contributed by atoms with van der Waals surface area (Å²) in [6.07, 6.45) is 4.91. The van der Waals surface area contributed by atoms with Gasteiger partial charge in [0.25, 0.3) is 0 Å². The molecule has 0 saturated heterocycles. The number of rotatable bonds is 11. The molecule has 7 nitrogen and oxygen atoms in total. The lowest BCUT2D eigenvalue weighted by Gasteiger charge is -2.04. The van der Waals surface area contributed by atoms with Crippen molar-refractivity contribution in [1.29, 1.82) is 0 Å². The summed E-state index contributed by atoms with van der Waals surface area (Å²) in [6.45, 7) is 1.19. The van der Waals surface area contributed by atoms with Gasteiger partial charge in [0.1, 0.15) is 0 Å². The van der Waals surface area contributed by atoms with E-state index in [-0.39, 0.29) is 18.2 Å². The number of nitrogens with one attached hydrogen (secondary N) is 1. The maximum atomic E-state index is 11.3. The molecule has 0 saturated carbocycles. The standard InChI is InChI=1S/C11H21N5O2/c12-10(17)6-5-7-11(18)14-8-3-1-2-4-9-15-16-13/h1-9H2,(H2,12,17)(H,14,18). The predicted molar refractivity (Wildman–Crippen MR) is 68.5 cm³/mol. The first-order valence-corrected chi connectivity index (χ1v) is 6.22. The van der Waals surface area contributed by atoms with Crippen molar-refractivity contribution in [3.05, 3.63) is 10.4 Å². The summed E-state index contributed by atoms with van der Waals surface area (Å²) in [4.78, 5) is 24.4. The van der Waals surface area contributed by atoms with Crippen molar-refractivity contribution in [3.8, 4) is 0 Å². The SMILES string of the molecule is [N-]=[N+]=NCCCCCCNC(=O)CCCC(N)=O. The van der Waals surface area contributed by atoms with Gasteiger partial charge in [0, 0.05) is 30.8 Å². The van der Waals surface area contributed by atoms with Crippen LogP contribution in [-0.2, 0) is 9.59 Å². The first-order chi connectivity index (χ1) is 8.66. The zero-order valence-corrected chi connectivity index (χ0v) is 10.6. The molecule has 18 heavy (non-hydrogen) atoms. The Kier molecular flexibility index (Phi) is 10.6. The lowest BCUT2D eigenvalue weighted by Crippen LogP contribution is -2.24. The average molecular weight is 255 g/mol. The van der Waals surface area contributed by atoms with E-state index in [9.17, 15) is 9.59 Å². The normalized spacial score (nSPS) is 9.56. The third-order valence-electron chi connectivity index (χ3n) is 2.40. The minimum Gasteiger partial charge on any atom is -0.370 e. The fraction of sp³-hybridized carbons (Fsp3) is 0.818. The third kappa shape index (κ3) is 12.3. The second-order valence-electron chi connectivity index (χ2n) is 4.04. The van der Waals surface area contributed by atoms with E-state index in [1.807, 2.05) is 0 Å². The van der Waals surface area contributed by atoms with Crippen molar-refractivity contribution < 1.29 is 9.59 Å². The van der Waals surface area contributed by atoms with Gasteiger partial charge in [0.05, 0.1) is 0 Å². The molecular formula is C11H21N5O2. The number of amides is 2. The van der Waals surface area contributed by atoms with Crippen LogP contribution < -0.4 is 11.1 Å². The van der Waals surface area contributed by atoms with Crippen LogP contribution >= 0.6 is 0 Å². The van der Waals surface area contributed by atoms with Gasteiger partial charge in [-0.15, -0.1) is 0 Å². The molecule has 7 heteroatoms. The molecule has 0 bridgehead atoms. The van der Waals surface area contributed by atoms with Gasteiger partial charge in [-0.3, -0.25) is 9.59 Å². The first-order valence-electron chi connectivity index (χ1n) is 6.22. The minimum atomic E-state index is -0.372. The molecule has 0 unspecified atom stereocenters. The highest BCUT2D eigenvalue weighted by molar-refractivity contribution is 5.77. The molecule has 0 atom stereocenters. The molecule has 102 valence electrons. The zero-order valence-electron chi connectivity index (χ0n) is 10.6. The Morgan fingerprint density at radius 3 is 2.50 bits per heavy atom. The number of nitrogens with two attached hydrogens (primary N) is 1. The van der Waals surface area contributed by atoms with Crippen LogP contribution in [0.25, 0.3) is 10.4 Å². The van der Waals surface area contributed by atoms with Crippen LogP contribution in [0.4, 0.5) is 0 Å². The number of hydrogen-bond donors (Lipinski definition) is 2. The quantitative estimate of drug-likeness (QED) is 0.252. The highest BCUT2D eigenvalue weighted by Gasteiger charge is 2.01. The van der Waals surface area contributed by atoms with E-state index in [0.717, 1.165) is 25.7 Å². The molecule has 0 radical (unpaired) electrons. The lowest BCUT2D eigenvalue weighted by molar-refractivity contribution is -0.121. The number of carbonyl (C=O) groups excluding carboxylic acids is 2. The summed E-state index contributed by atoms with van der Waals surface area (Å²) in [7, 11) is 0. The number of primary amides is 1. The van der Waals surface area contributed by atoms with Gasteiger partial charge >= 0.3 is 0 Å². The van der Waals surface area contributed by atoms with Gasteiger partial charge in [-0.2, -0.15) is 0 Å². The number of unbranched alkanes of at least 4 members (excludes halogenated alkanes) is 3. The Hall–Kier alpha value is -1.75. The molecule has 0 aromatic heterocycles. The monoisotopic (exact) mass is 255 g/mol. The van der Waals surface area contributed by atoms with Crippen LogP contribution in [0.15, 0.2) is 5.11 Å². The number of azide groups is 1. The molecule has 2 amide bonds. The maximum absolute atomic E-state index is 11.3. The molecule has 0 rings (SSSR count). The van der Waals surface area contributed by atoms with Crippen molar-refractivity contribution in [2.75, 3.05) is 13.1 Å². The Bertz CT molecular complexity index is 300. The smallest absolute Gasteiger partial charge is 0.220 e. The third-order valence-corrected chi connectivity index (χ3v) is 2.40. The molecule has 0 spiro atoms. The van der Waals surface area contributed by atoms with Crippen molar-refractivity contribution in [3.63, 3.8) is 0 Å². The topological polar surface area (TPSA) is 121 Å². The van der Waals surface area contributed by atoms with Crippen molar-refractivity contribution in [2.24, 2.45) is 10.8 Å².